The number of carbonyl (C=O) groups is 1. The molecule has 2 nitrogen and oxygen atoms in total. The summed E-state index contributed by atoms with van der Waals surface area (Å²) in [5, 5.41) is 9.57. The van der Waals surface area contributed by atoms with Crippen molar-refractivity contribution in [1.29, 1.82) is 0 Å². The zero-order chi connectivity index (χ0) is 19.3. The molecule has 0 saturated heterocycles. The van der Waals surface area contributed by atoms with Crippen molar-refractivity contribution in [2.45, 2.75) is 71.1 Å². The lowest BCUT2D eigenvalue weighted by molar-refractivity contribution is 0.0695. The van der Waals surface area contributed by atoms with Crippen molar-refractivity contribution in [1.82, 2.24) is 0 Å². The Bertz CT molecular complexity index is 859. The molecule has 1 unspecified atom stereocenters. The summed E-state index contributed by atoms with van der Waals surface area (Å²) in [5.41, 5.74) is 7.00. The van der Waals surface area contributed by atoms with Gasteiger partial charge in [0.25, 0.3) is 0 Å². The highest BCUT2D eigenvalue weighted by Crippen LogP contribution is 2.47. The average molecular weight is 351 g/mol. The predicted octanol–water partition coefficient (Wildman–Crippen LogP) is 6.19. The number of aryl methyl sites for hydroxylation is 1. The minimum Gasteiger partial charge on any atom is -0.478 e. The standard InChI is InChI=1S/C24H30O2/c1-15-13-20-21(24(5,6)12-11-23(20,3)4)14-19(15)16(2)17-9-7-8-10-18(17)22(25)26/h7-10,13-14,16H,11-12H2,1-6H3,(H,25,26). The van der Waals surface area contributed by atoms with E-state index in [0.717, 1.165) is 5.56 Å². The van der Waals surface area contributed by atoms with Crippen LogP contribution in [0, 0.1) is 6.92 Å². The van der Waals surface area contributed by atoms with E-state index in [9.17, 15) is 9.90 Å². The highest BCUT2D eigenvalue weighted by Gasteiger charge is 2.37. The van der Waals surface area contributed by atoms with E-state index in [1.807, 2.05) is 12.1 Å². The number of carboxylic acids is 1. The molecule has 2 heteroatoms. The first-order valence-electron chi connectivity index (χ1n) is 9.52. The first-order chi connectivity index (χ1) is 12.0. The van der Waals surface area contributed by atoms with Gasteiger partial charge in [-0.2, -0.15) is 0 Å². The molecule has 1 aliphatic rings. The number of carboxylic acid groups (broad SMARTS) is 1. The zero-order valence-electron chi connectivity index (χ0n) is 16.8. The number of hydrogen-bond donors (Lipinski definition) is 1. The predicted molar refractivity (Wildman–Crippen MR) is 107 cm³/mol. The molecule has 3 rings (SSSR count). The van der Waals surface area contributed by atoms with Gasteiger partial charge in [-0.05, 0) is 64.5 Å². The Labute approximate surface area is 157 Å². The second kappa shape index (κ2) is 6.26. The van der Waals surface area contributed by atoms with Crippen LogP contribution < -0.4 is 0 Å². The van der Waals surface area contributed by atoms with Crippen LogP contribution in [0.1, 0.15) is 91.6 Å². The molecule has 1 N–H and O–H groups in total. The lowest BCUT2D eigenvalue weighted by atomic mass is 9.62. The second-order valence-electron chi connectivity index (χ2n) is 9.14. The molecule has 1 atom stereocenters. The molecule has 26 heavy (non-hydrogen) atoms. The summed E-state index contributed by atoms with van der Waals surface area (Å²) in [6.45, 7) is 13.6. The number of fused-ring (bicyclic) bond motifs is 1. The van der Waals surface area contributed by atoms with Gasteiger partial charge in [0.1, 0.15) is 0 Å². The minimum atomic E-state index is -0.857. The highest BCUT2D eigenvalue weighted by atomic mass is 16.4. The largest absolute Gasteiger partial charge is 0.478 e. The van der Waals surface area contributed by atoms with Gasteiger partial charge >= 0.3 is 5.97 Å². The zero-order valence-corrected chi connectivity index (χ0v) is 16.8. The summed E-state index contributed by atoms with van der Waals surface area (Å²) in [4.78, 5) is 11.7. The first-order valence-corrected chi connectivity index (χ1v) is 9.52. The molecule has 0 saturated carbocycles. The van der Waals surface area contributed by atoms with Crippen LogP contribution in [-0.2, 0) is 10.8 Å². The van der Waals surface area contributed by atoms with Gasteiger partial charge in [0.15, 0.2) is 0 Å². The molecule has 0 amide bonds. The van der Waals surface area contributed by atoms with Gasteiger partial charge in [0, 0.05) is 5.92 Å². The summed E-state index contributed by atoms with van der Waals surface area (Å²) < 4.78 is 0. The van der Waals surface area contributed by atoms with Crippen LogP contribution in [0.5, 0.6) is 0 Å². The molecular formula is C24H30O2. The van der Waals surface area contributed by atoms with E-state index in [0.29, 0.717) is 5.56 Å². The van der Waals surface area contributed by atoms with Crippen LogP contribution in [-0.4, -0.2) is 11.1 Å². The van der Waals surface area contributed by atoms with E-state index in [1.165, 1.54) is 35.1 Å². The van der Waals surface area contributed by atoms with Gasteiger partial charge in [-0.15, -0.1) is 0 Å². The maximum Gasteiger partial charge on any atom is 0.335 e. The first kappa shape index (κ1) is 18.7. The van der Waals surface area contributed by atoms with E-state index >= 15 is 0 Å². The number of aromatic carboxylic acids is 1. The molecule has 0 heterocycles. The lowest BCUT2D eigenvalue weighted by Gasteiger charge is -2.42. The smallest absolute Gasteiger partial charge is 0.335 e. The van der Waals surface area contributed by atoms with Gasteiger partial charge in [-0.3, -0.25) is 0 Å². The Kier molecular flexibility index (Phi) is 4.50. The fraction of sp³-hybridized carbons (Fsp3) is 0.458. The van der Waals surface area contributed by atoms with Crippen molar-refractivity contribution in [3.05, 3.63) is 69.8 Å². The quantitative estimate of drug-likeness (QED) is 0.716. The molecule has 1 aliphatic carbocycles. The van der Waals surface area contributed by atoms with Gasteiger partial charge in [-0.25, -0.2) is 4.79 Å². The number of rotatable bonds is 3. The van der Waals surface area contributed by atoms with Crippen molar-refractivity contribution < 1.29 is 9.90 Å². The summed E-state index contributed by atoms with van der Waals surface area (Å²) in [6.07, 6.45) is 2.37. The summed E-state index contributed by atoms with van der Waals surface area (Å²) in [6, 6.07) is 12.1. The van der Waals surface area contributed by atoms with E-state index in [1.54, 1.807) is 12.1 Å². The molecule has 0 radical (unpaired) electrons. The molecule has 2 aromatic carbocycles. The molecule has 0 aliphatic heterocycles. The Morgan fingerprint density at radius 3 is 2.08 bits per heavy atom. The van der Waals surface area contributed by atoms with Crippen LogP contribution in [0.25, 0.3) is 0 Å². The third-order valence-corrected chi connectivity index (χ3v) is 6.36. The Hall–Kier alpha value is -2.09. The normalized spacial score (nSPS) is 18.8. The summed E-state index contributed by atoms with van der Waals surface area (Å²) in [7, 11) is 0. The third kappa shape index (κ3) is 3.06. The fourth-order valence-corrected chi connectivity index (χ4v) is 4.44. The van der Waals surface area contributed by atoms with Crippen molar-refractivity contribution in [2.24, 2.45) is 0 Å². The number of hydrogen-bond acceptors (Lipinski definition) is 1. The van der Waals surface area contributed by atoms with Crippen LogP contribution in [0.4, 0.5) is 0 Å². The minimum absolute atomic E-state index is 0.0495. The van der Waals surface area contributed by atoms with Gasteiger partial charge in [0.05, 0.1) is 5.56 Å². The monoisotopic (exact) mass is 350 g/mol. The molecule has 0 fully saturated rings. The van der Waals surface area contributed by atoms with Crippen molar-refractivity contribution in [3.8, 4) is 0 Å². The maximum absolute atomic E-state index is 11.7. The van der Waals surface area contributed by atoms with Crippen molar-refractivity contribution in [2.75, 3.05) is 0 Å². The maximum atomic E-state index is 11.7. The van der Waals surface area contributed by atoms with Gasteiger partial charge in [0.2, 0.25) is 0 Å². The van der Waals surface area contributed by atoms with Gasteiger partial charge in [-0.1, -0.05) is 65.0 Å². The van der Waals surface area contributed by atoms with Gasteiger partial charge < -0.3 is 5.11 Å². The molecule has 138 valence electrons. The Morgan fingerprint density at radius 2 is 1.50 bits per heavy atom. The molecular weight excluding hydrogens is 320 g/mol. The molecule has 0 bridgehead atoms. The third-order valence-electron chi connectivity index (χ3n) is 6.36. The lowest BCUT2D eigenvalue weighted by Crippen LogP contribution is -2.34. The number of benzene rings is 2. The highest BCUT2D eigenvalue weighted by molar-refractivity contribution is 5.89. The fourth-order valence-electron chi connectivity index (χ4n) is 4.44. The summed E-state index contributed by atoms with van der Waals surface area (Å²) in [5.74, 6) is -0.807. The average Bonchev–Trinajstić information content (AvgIpc) is 2.58. The van der Waals surface area contributed by atoms with Crippen LogP contribution >= 0.6 is 0 Å². The molecule has 0 spiro atoms. The SMILES string of the molecule is Cc1cc2c(cc1C(C)c1ccccc1C(=O)O)C(C)(C)CCC2(C)C. The van der Waals surface area contributed by atoms with Crippen molar-refractivity contribution >= 4 is 5.97 Å². The van der Waals surface area contributed by atoms with Crippen molar-refractivity contribution in [3.63, 3.8) is 0 Å². The molecule has 2 aromatic rings. The Balaban J connectivity index is 2.18. The Morgan fingerprint density at radius 1 is 0.962 bits per heavy atom. The van der Waals surface area contributed by atoms with Crippen LogP contribution in [0.3, 0.4) is 0 Å². The molecule has 0 aromatic heterocycles. The second-order valence-corrected chi connectivity index (χ2v) is 9.14. The van der Waals surface area contributed by atoms with Crippen LogP contribution in [0.2, 0.25) is 0 Å². The van der Waals surface area contributed by atoms with E-state index < -0.39 is 5.97 Å². The van der Waals surface area contributed by atoms with E-state index in [2.05, 4.69) is 53.7 Å². The van der Waals surface area contributed by atoms with E-state index in [-0.39, 0.29) is 16.7 Å². The summed E-state index contributed by atoms with van der Waals surface area (Å²) >= 11 is 0. The topological polar surface area (TPSA) is 37.3 Å². The van der Waals surface area contributed by atoms with Crippen LogP contribution in [0.15, 0.2) is 36.4 Å². The van der Waals surface area contributed by atoms with E-state index in [4.69, 9.17) is 0 Å².